The lowest BCUT2D eigenvalue weighted by Crippen LogP contribution is -2.42. The number of hydrogen-bond acceptors (Lipinski definition) is 6. The fraction of sp³-hybridized carbons (Fsp3) is 0.571. The molecule has 24 heavy (non-hydrogen) atoms. The Morgan fingerprint density at radius 2 is 2.29 bits per heavy atom. The molecule has 0 bridgehead atoms. The van der Waals surface area contributed by atoms with Crippen molar-refractivity contribution in [3.05, 3.63) is 24.5 Å². The first-order chi connectivity index (χ1) is 11.6. The van der Waals surface area contributed by atoms with Crippen LogP contribution < -0.4 is 0 Å². The van der Waals surface area contributed by atoms with Crippen molar-refractivity contribution in [3.8, 4) is 0 Å². The number of imidazole rings is 1. The molecule has 0 aliphatic carbocycles. The van der Waals surface area contributed by atoms with E-state index in [2.05, 4.69) is 25.1 Å². The molecule has 130 valence electrons. The number of rotatable bonds is 4. The van der Waals surface area contributed by atoms with Crippen LogP contribution in [0, 0.1) is 12.8 Å². The van der Waals surface area contributed by atoms with Crippen molar-refractivity contribution < 1.29 is 14.7 Å². The van der Waals surface area contributed by atoms with Crippen LogP contribution in [0.15, 0.2) is 18.7 Å². The molecule has 10 heteroatoms. The van der Waals surface area contributed by atoms with Crippen LogP contribution in [0.3, 0.4) is 0 Å². The molecule has 0 saturated carbocycles. The van der Waals surface area contributed by atoms with Gasteiger partial charge >= 0.3 is 0 Å². The molecule has 1 atom stereocenters. The molecular weight excluding hydrogens is 314 g/mol. The van der Waals surface area contributed by atoms with Crippen molar-refractivity contribution in [1.29, 1.82) is 0 Å². The highest BCUT2D eigenvalue weighted by atomic mass is 16.3. The Bertz CT molecular complexity index is 641. The van der Waals surface area contributed by atoms with E-state index in [0.717, 1.165) is 38.3 Å². The quantitative estimate of drug-likeness (QED) is 0.770. The smallest absolute Gasteiger partial charge is 0.290 e. The Kier molecular flexibility index (Phi) is 6.41. The van der Waals surface area contributed by atoms with Gasteiger partial charge in [0, 0.05) is 32.0 Å². The molecule has 1 N–H and O–H groups in total. The van der Waals surface area contributed by atoms with Crippen molar-refractivity contribution in [2.75, 3.05) is 13.1 Å². The monoisotopic (exact) mass is 335 g/mol. The van der Waals surface area contributed by atoms with Crippen LogP contribution >= 0.6 is 0 Å². The Labute approximate surface area is 139 Å². The summed E-state index contributed by atoms with van der Waals surface area (Å²) in [6, 6.07) is 0. The predicted molar refractivity (Wildman–Crippen MR) is 82.8 cm³/mol. The van der Waals surface area contributed by atoms with Gasteiger partial charge in [-0.3, -0.25) is 9.59 Å². The van der Waals surface area contributed by atoms with E-state index in [1.54, 1.807) is 0 Å². The summed E-state index contributed by atoms with van der Waals surface area (Å²) in [5.41, 5.74) is 0. The third-order valence-corrected chi connectivity index (χ3v) is 3.94. The molecule has 1 unspecified atom stereocenters. The first-order valence-corrected chi connectivity index (χ1v) is 7.68. The average Bonchev–Trinajstić information content (AvgIpc) is 3.21. The second-order valence-corrected chi connectivity index (χ2v) is 5.59. The summed E-state index contributed by atoms with van der Waals surface area (Å²) in [5, 5.41) is 17.7. The molecule has 3 heterocycles. The number of aromatic nitrogens is 6. The van der Waals surface area contributed by atoms with E-state index in [9.17, 15) is 4.79 Å². The number of carbonyl (C=O) groups is 2. The molecule has 1 saturated heterocycles. The van der Waals surface area contributed by atoms with Crippen LogP contribution in [-0.2, 0) is 22.7 Å². The maximum absolute atomic E-state index is 12.3. The molecule has 1 aliphatic rings. The van der Waals surface area contributed by atoms with Crippen LogP contribution in [-0.4, -0.2) is 65.2 Å². The number of aryl methyl sites for hydroxylation is 1. The highest BCUT2D eigenvalue weighted by Crippen LogP contribution is 2.19. The normalized spacial score (nSPS) is 17.0. The second-order valence-electron chi connectivity index (χ2n) is 5.59. The predicted octanol–water partition coefficient (Wildman–Crippen LogP) is -0.182. The lowest BCUT2D eigenvalue weighted by atomic mass is 9.98. The van der Waals surface area contributed by atoms with Crippen LogP contribution in [0.25, 0.3) is 0 Å². The summed E-state index contributed by atoms with van der Waals surface area (Å²) in [5.74, 6) is 1.57. The highest BCUT2D eigenvalue weighted by molar-refractivity contribution is 5.75. The lowest BCUT2D eigenvalue weighted by molar-refractivity contribution is -0.134. The van der Waals surface area contributed by atoms with E-state index in [-0.39, 0.29) is 18.9 Å². The number of carboxylic acid groups (broad SMARTS) is 1. The van der Waals surface area contributed by atoms with Crippen LogP contribution in [0.2, 0.25) is 0 Å². The van der Waals surface area contributed by atoms with Gasteiger partial charge in [0.05, 0.1) is 0 Å². The van der Waals surface area contributed by atoms with Gasteiger partial charge in [-0.15, -0.1) is 5.10 Å². The van der Waals surface area contributed by atoms with Gasteiger partial charge in [-0.2, -0.15) is 0 Å². The number of nitrogens with zero attached hydrogens (tertiary/aromatic N) is 7. The van der Waals surface area contributed by atoms with Crippen molar-refractivity contribution in [1.82, 2.24) is 34.7 Å². The molecule has 10 nitrogen and oxygen atoms in total. The van der Waals surface area contributed by atoms with Crippen molar-refractivity contribution >= 4 is 12.4 Å². The zero-order valence-corrected chi connectivity index (χ0v) is 13.5. The Morgan fingerprint density at radius 3 is 2.92 bits per heavy atom. The summed E-state index contributed by atoms with van der Waals surface area (Å²) < 4.78 is 3.62. The van der Waals surface area contributed by atoms with Gasteiger partial charge in [-0.05, 0) is 36.1 Å². The Morgan fingerprint density at radius 1 is 1.50 bits per heavy atom. The molecular formula is C14H21N7O3. The highest BCUT2D eigenvalue weighted by Gasteiger charge is 2.24. The molecule has 0 radical (unpaired) electrons. The molecule has 0 spiro atoms. The van der Waals surface area contributed by atoms with Crippen LogP contribution in [0.1, 0.15) is 18.7 Å². The molecule has 0 aromatic carbocycles. The number of hydrogen-bond donors (Lipinski definition) is 1. The van der Waals surface area contributed by atoms with Crippen molar-refractivity contribution in [3.63, 3.8) is 0 Å². The van der Waals surface area contributed by atoms with Crippen LogP contribution in [0.4, 0.5) is 0 Å². The average molecular weight is 335 g/mol. The third kappa shape index (κ3) is 4.86. The topological polar surface area (TPSA) is 119 Å². The van der Waals surface area contributed by atoms with Gasteiger partial charge in [0.15, 0.2) is 0 Å². The van der Waals surface area contributed by atoms with E-state index in [4.69, 9.17) is 9.90 Å². The molecule has 2 aromatic rings. The summed E-state index contributed by atoms with van der Waals surface area (Å²) in [6.07, 6.45) is 7.47. The zero-order valence-electron chi connectivity index (χ0n) is 13.5. The summed E-state index contributed by atoms with van der Waals surface area (Å²) in [4.78, 5) is 26.8. The first kappa shape index (κ1) is 17.6. The van der Waals surface area contributed by atoms with Gasteiger partial charge < -0.3 is 14.6 Å². The Hall–Kier alpha value is -2.78. The third-order valence-electron chi connectivity index (χ3n) is 3.94. The maximum Gasteiger partial charge on any atom is 0.290 e. The van der Waals surface area contributed by atoms with Crippen LogP contribution in [0.5, 0.6) is 0 Å². The lowest BCUT2D eigenvalue weighted by Gasteiger charge is -2.33. The molecule has 1 fully saturated rings. The van der Waals surface area contributed by atoms with E-state index >= 15 is 0 Å². The Balaban J connectivity index is 0.000000647. The number of tetrazole rings is 1. The standard InChI is InChI=1S/C13H19N7O.CH2O2/c1-11-14-4-6-18(11)7-12-3-2-5-19(8-12)13(21)9-20-10-15-16-17-20;2-1-3/h4,6,10,12H,2-3,5,7-9H2,1H3;1H,(H,2,3). The minimum atomic E-state index is -0.250. The minimum Gasteiger partial charge on any atom is -0.483 e. The number of amides is 1. The first-order valence-electron chi connectivity index (χ1n) is 7.68. The van der Waals surface area contributed by atoms with Gasteiger partial charge in [0.2, 0.25) is 5.91 Å². The van der Waals surface area contributed by atoms with Crippen molar-refractivity contribution in [2.45, 2.75) is 32.9 Å². The van der Waals surface area contributed by atoms with E-state index < -0.39 is 0 Å². The second kappa shape index (κ2) is 8.75. The SMILES string of the molecule is Cc1nccn1CC1CCCN(C(=O)Cn2cnnn2)C1.O=CO. The summed E-state index contributed by atoms with van der Waals surface area (Å²) in [6.45, 7) is 4.49. The minimum absolute atomic E-state index is 0.0781. The fourth-order valence-electron chi connectivity index (χ4n) is 2.81. The van der Waals surface area contributed by atoms with Crippen molar-refractivity contribution in [2.24, 2.45) is 5.92 Å². The molecule has 3 rings (SSSR count). The number of carbonyl (C=O) groups excluding carboxylic acids is 1. The molecule has 1 aliphatic heterocycles. The van der Waals surface area contributed by atoms with Gasteiger partial charge in [-0.25, -0.2) is 9.67 Å². The summed E-state index contributed by atoms with van der Waals surface area (Å²) in [7, 11) is 0. The van der Waals surface area contributed by atoms with E-state index in [0.29, 0.717) is 5.92 Å². The summed E-state index contributed by atoms with van der Waals surface area (Å²) >= 11 is 0. The maximum atomic E-state index is 12.3. The van der Waals surface area contributed by atoms with Gasteiger partial charge in [0.25, 0.3) is 6.47 Å². The fourth-order valence-corrected chi connectivity index (χ4v) is 2.81. The van der Waals surface area contributed by atoms with E-state index in [1.165, 1.54) is 11.0 Å². The molecule has 2 aromatic heterocycles. The number of piperidine rings is 1. The van der Waals surface area contributed by atoms with E-state index in [1.807, 2.05) is 24.2 Å². The molecule has 1 amide bonds. The van der Waals surface area contributed by atoms with Gasteiger partial charge in [0.1, 0.15) is 18.7 Å². The number of likely N-dealkylation sites (tertiary alicyclic amines) is 1. The zero-order chi connectivity index (χ0) is 17.4. The largest absolute Gasteiger partial charge is 0.483 e. The van der Waals surface area contributed by atoms with Gasteiger partial charge in [-0.1, -0.05) is 0 Å².